The number of pyridine rings is 1. The molecule has 0 saturated carbocycles. The van der Waals surface area contributed by atoms with E-state index in [1.54, 1.807) is 0 Å². The van der Waals surface area contributed by atoms with E-state index in [9.17, 15) is 18.0 Å². The van der Waals surface area contributed by atoms with E-state index in [1.165, 1.54) is 6.07 Å². The van der Waals surface area contributed by atoms with Crippen molar-refractivity contribution in [1.29, 1.82) is 0 Å². The van der Waals surface area contributed by atoms with Crippen molar-refractivity contribution >= 4 is 34.9 Å². The van der Waals surface area contributed by atoms with Crippen LogP contribution in [0.4, 0.5) is 19.0 Å². The minimum atomic E-state index is -4.52. The molecule has 0 atom stereocenters. The summed E-state index contributed by atoms with van der Waals surface area (Å²) in [6, 6.07) is 2.93. The highest BCUT2D eigenvalue weighted by atomic mass is 35.5. The number of nitrogens with one attached hydrogen (secondary N) is 1. The highest BCUT2D eigenvalue weighted by molar-refractivity contribution is 6.32. The number of aromatic nitrogens is 3. The van der Waals surface area contributed by atoms with Gasteiger partial charge in [0.15, 0.2) is 0 Å². The molecule has 0 fully saturated rings. The van der Waals surface area contributed by atoms with Gasteiger partial charge in [0.25, 0.3) is 5.91 Å². The summed E-state index contributed by atoms with van der Waals surface area (Å²) in [4.78, 5) is 22.5. The van der Waals surface area contributed by atoms with E-state index in [4.69, 9.17) is 23.2 Å². The number of anilines is 1. The Hall–Kier alpha value is -1.93. The Kier molecular flexibility index (Phi) is 4.29. The van der Waals surface area contributed by atoms with Crippen LogP contribution in [0.25, 0.3) is 0 Å². The molecular formula is C11H5Cl2F3N4O. The largest absolute Gasteiger partial charge is 0.417 e. The smallest absolute Gasteiger partial charge is 0.305 e. The van der Waals surface area contributed by atoms with Gasteiger partial charge in [-0.05, 0) is 23.7 Å². The van der Waals surface area contributed by atoms with Crippen molar-refractivity contribution < 1.29 is 18.0 Å². The summed E-state index contributed by atoms with van der Waals surface area (Å²) in [6.07, 6.45) is -3.95. The molecule has 0 aromatic carbocycles. The van der Waals surface area contributed by atoms with Gasteiger partial charge in [0.05, 0.1) is 5.56 Å². The molecule has 2 heterocycles. The molecule has 21 heavy (non-hydrogen) atoms. The molecule has 0 saturated heterocycles. The first kappa shape index (κ1) is 15.5. The lowest BCUT2D eigenvalue weighted by molar-refractivity contribution is -0.137. The predicted molar refractivity (Wildman–Crippen MR) is 69.2 cm³/mol. The van der Waals surface area contributed by atoms with Crippen LogP contribution in [-0.2, 0) is 6.18 Å². The molecule has 2 aromatic heterocycles. The van der Waals surface area contributed by atoms with Crippen molar-refractivity contribution in [1.82, 2.24) is 15.0 Å². The number of carbonyl (C=O) groups is 1. The lowest BCUT2D eigenvalue weighted by atomic mass is 10.2. The summed E-state index contributed by atoms with van der Waals surface area (Å²) in [7, 11) is 0. The summed E-state index contributed by atoms with van der Waals surface area (Å²) in [5, 5.41) is 2.12. The SMILES string of the molecule is O=C(Nc1cc(Cl)nc(Cl)n1)c1ccc(C(F)(F)F)cn1. The van der Waals surface area contributed by atoms with Crippen LogP contribution in [0.2, 0.25) is 10.4 Å². The van der Waals surface area contributed by atoms with E-state index in [2.05, 4.69) is 20.3 Å². The molecule has 0 radical (unpaired) electrons. The zero-order valence-electron chi connectivity index (χ0n) is 9.95. The van der Waals surface area contributed by atoms with Crippen LogP contribution >= 0.6 is 23.2 Å². The van der Waals surface area contributed by atoms with E-state index in [-0.39, 0.29) is 21.9 Å². The highest BCUT2D eigenvalue weighted by Gasteiger charge is 2.30. The Balaban J connectivity index is 2.17. The van der Waals surface area contributed by atoms with Gasteiger partial charge >= 0.3 is 6.18 Å². The van der Waals surface area contributed by atoms with Gasteiger partial charge in [-0.1, -0.05) is 11.6 Å². The van der Waals surface area contributed by atoms with Crippen molar-refractivity contribution in [3.8, 4) is 0 Å². The van der Waals surface area contributed by atoms with Crippen LogP contribution in [0.15, 0.2) is 24.4 Å². The number of hydrogen-bond donors (Lipinski definition) is 1. The first-order valence-corrected chi connectivity index (χ1v) is 6.06. The number of carbonyl (C=O) groups excluding carboxylic acids is 1. The quantitative estimate of drug-likeness (QED) is 0.673. The Labute approximate surface area is 126 Å². The second-order valence-corrected chi connectivity index (χ2v) is 4.45. The number of amides is 1. The summed E-state index contributed by atoms with van der Waals surface area (Å²) in [5.41, 5.74) is -1.17. The van der Waals surface area contributed by atoms with Crippen LogP contribution in [0.5, 0.6) is 0 Å². The average Bonchev–Trinajstić information content (AvgIpc) is 2.36. The van der Waals surface area contributed by atoms with Gasteiger partial charge in [-0.15, -0.1) is 0 Å². The molecule has 0 unspecified atom stereocenters. The van der Waals surface area contributed by atoms with Crippen LogP contribution in [0.1, 0.15) is 16.1 Å². The third-order valence-corrected chi connectivity index (χ3v) is 2.60. The first-order chi connectivity index (χ1) is 9.75. The predicted octanol–water partition coefficient (Wildman–Crippen LogP) is 3.45. The number of hydrogen-bond acceptors (Lipinski definition) is 4. The fourth-order valence-corrected chi connectivity index (χ4v) is 1.74. The fourth-order valence-electron chi connectivity index (χ4n) is 1.33. The standard InChI is InChI=1S/C11H5Cl2F3N4O/c12-7-3-8(20-10(13)18-7)19-9(21)6-2-1-5(4-17-6)11(14,15)16/h1-4H,(H,18,19,20,21). The molecule has 0 spiro atoms. The number of rotatable bonds is 2. The maximum Gasteiger partial charge on any atom is 0.417 e. The van der Waals surface area contributed by atoms with E-state index < -0.39 is 17.6 Å². The van der Waals surface area contributed by atoms with Crippen molar-refractivity contribution in [2.24, 2.45) is 0 Å². The van der Waals surface area contributed by atoms with Crippen LogP contribution in [0.3, 0.4) is 0 Å². The summed E-state index contributed by atoms with van der Waals surface area (Å²) in [6.45, 7) is 0. The van der Waals surface area contributed by atoms with E-state index in [1.807, 2.05) is 0 Å². The van der Waals surface area contributed by atoms with Gasteiger partial charge in [0.1, 0.15) is 16.7 Å². The molecule has 1 amide bonds. The zero-order chi connectivity index (χ0) is 15.6. The van der Waals surface area contributed by atoms with Crippen molar-refractivity contribution in [2.75, 3.05) is 5.32 Å². The molecule has 0 aliphatic heterocycles. The first-order valence-electron chi connectivity index (χ1n) is 5.30. The summed E-state index contributed by atoms with van der Waals surface area (Å²) < 4.78 is 37.1. The molecule has 5 nitrogen and oxygen atoms in total. The maximum absolute atomic E-state index is 12.4. The molecule has 10 heteroatoms. The second-order valence-electron chi connectivity index (χ2n) is 3.73. The summed E-state index contributed by atoms with van der Waals surface area (Å²) in [5.74, 6) is -0.749. The fraction of sp³-hybridized carbons (Fsp3) is 0.0909. The van der Waals surface area contributed by atoms with Gasteiger partial charge < -0.3 is 5.32 Å². The van der Waals surface area contributed by atoms with Gasteiger partial charge in [-0.2, -0.15) is 13.2 Å². The third-order valence-electron chi connectivity index (χ3n) is 2.23. The molecular weight excluding hydrogens is 332 g/mol. The Morgan fingerprint density at radius 3 is 2.43 bits per heavy atom. The van der Waals surface area contributed by atoms with Crippen molar-refractivity contribution in [3.63, 3.8) is 0 Å². The minimum Gasteiger partial charge on any atom is -0.305 e. The zero-order valence-corrected chi connectivity index (χ0v) is 11.5. The minimum absolute atomic E-state index is 0.00526. The van der Waals surface area contributed by atoms with Crippen LogP contribution in [0, 0.1) is 0 Å². The Morgan fingerprint density at radius 1 is 1.19 bits per heavy atom. The van der Waals surface area contributed by atoms with Crippen LogP contribution in [-0.4, -0.2) is 20.9 Å². The summed E-state index contributed by atoms with van der Waals surface area (Å²) >= 11 is 11.2. The van der Waals surface area contributed by atoms with E-state index in [0.29, 0.717) is 6.20 Å². The average molecular weight is 337 g/mol. The topological polar surface area (TPSA) is 67.8 Å². The highest BCUT2D eigenvalue weighted by Crippen LogP contribution is 2.28. The molecule has 2 aromatic rings. The monoisotopic (exact) mass is 336 g/mol. The van der Waals surface area contributed by atoms with Crippen molar-refractivity contribution in [2.45, 2.75) is 6.18 Å². The molecule has 0 bridgehead atoms. The van der Waals surface area contributed by atoms with Gasteiger partial charge in [-0.3, -0.25) is 9.78 Å². The van der Waals surface area contributed by atoms with Gasteiger partial charge in [0.2, 0.25) is 5.28 Å². The van der Waals surface area contributed by atoms with Crippen LogP contribution < -0.4 is 5.32 Å². The lowest BCUT2D eigenvalue weighted by Crippen LogP contribution is -2.16. The molecule has 1 N–H and O–H groups in total. The van der Waals surface area contributed by atoms with E-state index in [0.717, 1.165) is 12.1 Å². The molecule has 0 aliphatic rings. The third kappa shape index (κ3) is 4.02. The van der Waals surface area contributed by atoms with Crippen molar-refractivity contribution in [3.05, 3.63) is 46.1 Å². The molecule has 0 aliphatic carbocycles. The molecule has 2 rings (SSSR count). The number of nitrogens with zero attached hydrogens (tertiary/aromatic N) is 3. The Morgan fingerprint density at radius 2 is 1.90 bits per heavy atom. The second kappa shape index (κ2) is 5.82. The molecule has 110 valence electrons. The normalized spacial score (nSPS) is 11.3. The number of alkyl halides is 3. The van der Waals surface area contributed by atoms with E-state index >= 15 is 0 Å². The maximum atomic E-state index is 12.4. The van der Waals surface area contributed by atoms with Gasteiger partial charge in [0, 0.05) is 12.3 Å². The Bertz CT molecular complexity index is 656. The van der Waals surface area contributed by atoms with Gasteiger partial charge in [-0.25, -0.2) is 9.97 Å². The lowest BCUT2D eigenvalue weighted by Gasteiger charge is -2.07. The number of halogens is 5.